The van der Waals surface area contributed by atoms with Gasteiger partial charge >= 0.3 is 0 Å². The van der Waals surface area contributed by atoms with Crippen LogP contribution >= 0.6 is 15.9 Å². The molecule has 1 aromatic rings. The summed E-state index contributed by atoms with van der Waals surface area (Å²) in [5.41, 5.74) is 2.60. The fraction of sp³-hybridized carbons (Fsp3) is 0.500. The van der Waals surface area contributed by atoms with Gasteiger partial charge in [0.2, 0.25) is 5.91 Å². The van der Waals surface area contributed by atoms with Gasteiger partial charge in [-0.15, -0.1) is 0 Å². The van der Waals surface area contributed by atoms with Crippen LogP contribution in [-0.4, -0.2) is 29.2 Å². The molecule has 2 unspecified atom stereocenters. The van der Waals surface area contributed by atoms with E-state index >= 15 is 0 Å². The van der Waals surface area contributed by atoms with E-state index in [1.807, 2.05) is 11.0 Å². The highest BCUT2D eigenvalue weighted by Gasteiger charge is 2.36. The molecular weight excluding hydrogens is 278 g/mol. The second-order valence-electron chi connectivity index (χ2n) is 5.05. The van der Waals surface area contributed by atoms with Crippen molar-refractivity contribution in [2.75, 3.05) is 18.4 Å². The summed E-state index contributed by atoms with van der Waals surface area (Å²) in [7, 11) is 0. The van der Waals surface area contributed by atoms with Crippen LogP contribution in [0.4, 0.5) is 0 Å². The predicted octanol–water partition coefficient (Wildman–Crippen LogP) is 2.57. The molecule has 0 saturated carbocycles. The van der Waals surface area contributed by atoms with Crippen LogP contribution in [0.3, 0.4) is 0 Å². The molecule has 2 aliphatic rings. The topological polar surface area (TPSA) is 20.3 Å². The summed E-state index contributed by atoms with van der Waals surface area (Å²) in [5, 5.41) is 1.01. The summed E-state index contributed by atoms with van der Waals surface area (Å²) in [6, 6.07) is 8.31. The second-order valence-corrected chi connectivity index (χ2v) is 5.70. The lowest BCUT2D eigenvalue weighted by molar-refractivity contribution is -0.132. The van der Waals surface area contributed by atoms with E-state index in [0.29, 0.717) is 11.8 Å². The summed E-state index contributed by atoms with van der Waals surface area (Å²) in [4.78, 5) is 14.4. The van der Waals surface area contributed by atoms with Gasteiger partial charge in [-0.05, 0) is 29.9 Å². The number of rotatable bonds is 2. The first-order valence-corrected chi connectivity index (χ1v) is 7.34. The Hall–Kier alpha value is -0.830. The number of hydrogen-bond donors (Lipinski definition) is 0. The number of carbonyl (C=O) groups is 1. The van der Waals surface area contributed by atoms with Crippen LogP contribution in [0.15, 0.2) is 24.3 Å². The standard InChI is InChI=1S/C14H16BrNO/c15-8-10-5-6-16(9-10)14(17)13-7-11-3-1-2-4-12(11)13/h1-4,10,13H,5-9H2. The summed E-state index contributed by atoms with van der Waals surface area (Å²) in [6.45, 7) is 1.87. The molecule has 1 saturated heterocycles. The largest absolute Gasteiger partial charge is 0.342 e. The van der Waals surface area contributed by atoms with Crippen molar-refractivity contribution in [2.24, 2.45) is 5.92 Å². The van der Waals surface area contributed by atoms with E-state index in [1.165, 1.54) is 11.1 Å². The molecule has 17 heavy (non-hydrogen) atoms. The maximum Gasteiger partial charge on any atom is 0.230 e. The molecule has 1 amide bonds. The lowest BCUT2D eigenvalue weighted by Crippen LogP contribution is -2.38. The van der Waals surface area contributed by atoms with Crippen molar-refractivity contribution in [2.45, 2.75) is 18.8 Å². The maximum absolute atomic E-state index is 12.4. The Labute approximate surface area is 110 Å². The number of carbonyl (C=O) groups excluding carboxylic acids is 1. The highest BCUT2D eigenvalue weighted by atomic mass is 79.9. The quantitative estimate of drug-likeness (QED) is 0.768. The minimum atomic E-state index is 0.139. The van der Waals surface area contributed by atoms with Crippen LogP contribution < -0.4 is 0 Å². The average molecular weight is 294 g/mol. The van der Waals surface area contributed by atoms with Crippen molar-refractivity contribution < 1.29 is 4.79 Å². The molecule has 0 radical (unpaired) electrons. The number of nitrogens with zero attached hydrogens (tertiary/aromatic N) is 1. The van der Waals surface area contributed by atoms with Gasteiger partial charge in [-0.2, -0.15) is 0 Å². The molecule has 1 heterocycles. The molecule has 90 valence electrons. The Balaban J connectivity index is 1.70. The van der Waals surface area contributed by atoms with Gasteiger partial charge in [0.25, 0.3) is 0 Å². The first-order chi connectivity index (χ1) is 8.29. The third-order valence-electron chi connectivity index (χ3n) is 3.97. The number of hydrogen-bond acceptors (Lipinski definition) is 1. The smallest absolute Gasteiger partial charge is 0.230 e. The number of benzene rings is 1. The minimum Gasteiger partial charge on any atom is -0.342 e. The molecule has 0 aromatic heterocycles. The first-order valence-electron chi connectivity index (χ1n) is 6.22. The second kappa shape index (κ2) is 4.45. The molecule has 1 aromatic carbocycles. The van der Waals surface area contributed by atoms with Crippen LogP contribution in [0.2, 0.25) is 0 Å². The Morgan fingerprint density at radius 1 is 1.41 bits per heavy atom. The van der Waals surface area contributed by atoms with Crippen molar-refractivity contribution in [1.82, 2.24) is 4.90 Å². The monoisotopic (exact) mass is 293 g/mol. The third-order valence-corrected chi connectivity index (χ3v) is 4.88. The average Bonchev–Trinajstić information content (AvgIpc) is 2.79. The van der Waals surface area contributed by atoms with E-state index in [0.717, 1.165) is 31.3 Å². The van der Waals surface area contributed by atoms with Crippen LogP contribution in [0.1, 0.15) is 23.5 Å². The lowest BCUT2D eigenvalue weighted by atomic mass is 9.77. The maximum atomic E-state index is 12.4. The molecule has 1 fully saturated rings. The molecule has 2 nitrogen and oxygen atoms in total. The Bertz CT molecular complexity index is 446. The zero-order chi connectivity index (χ0) is 11.8. The van der Waals surface area contributed by atoms with Gasteiger partial charge in [0.1, 0.15) is 0 Å². The van der Waals surface area contributed by atoms with E-state index in [9.17, 15) is 4.79 Å². The van der Waals surface area contributed by atoms with Crippen molar-refractivity contribution >= 4 is 21.8 Å². The Morgan fingerprint density at radius 2 is 2.24 bits per heavy atom. The first kappa shape index (κ1) is 11.3. The fourth-order valence-electron chi connectivity index (χ4n) is 2.86. The van der Waals surface area contributed by atoms with Crippen LogP contribution in [0.25, 0.3) is 0 Å². The predicted molar refractivity (Wildman–Crippen MR) is 71.4 cm³/mol. The number of likely N-dealkylation sites (tertiary alicyclic amines) is 1. The van der Waals surface area contributed by atoms with Gasteiger partial charge < -0.3 is 4.90 Å². The van der Waals surface area contributed by atoms with E-state index in [4.69, 9.17) is 0 Å². The van der Waals surface area contributed by atoms with Crippen molar-refractivity contribution in [3.63, 3.8) is 0 Å². The van der Waals surface area contributed by atoms with Gasteiger partial charge in [0, 0.05) is 18.4 Å². The minimum absolute atomic E-state index is 0.139. The van der Waals surface area contributed by atoms with Gasteiger partial charge in [0.05, 0.1) is 5.92 Å². The molecule has 0 N–H and O–H groups in total. The molecule has 1 aliphatic carbocycles. The molecule has 0 spiro atoms. The molecule has 3 rings (SSSR count). The van der Waals surface area contributed by atoms with Crippen molar-refractivity contribution in [3.8, 4) is 0 Å². The van der Waals surface area contributed by atoms with Gasteiger partial charge in [-0.25, -0.2) is 0 Å². The van der Waals surface area contributed by atoms with Crippen LogP contribution in [0, 0.1) is 5.92 Å². The normalized spacial score (nSPS) is 26.5. The highest BCUT2D eigenvalue weighted by Crippen LogP contribution is 2.37. The van der Waals surface area contributed by atoms with Gasteiger partial charge in [0.15, 0.2) is 0 Å². The molecule has 1 aliphatic heterocycles. The zero-order valence-electron chi connectivity index (χ0n) is 9.73. The summed E-state index contributed by atoms with van der Waals surface area (Å²) < 4.78 is 0. The number of alkyl halides is 1. The fourth-order valence-corrected chi connectivity index (χ4v) is 3.39. The van der Waals surface area contributed by atoms with Crippen LogP contribution in [0.5, 0.6) is 0 Å². The van der Waals surface area contributed by atoms with Gasteiger partial charge in [-0.3, -0.25) is 4.79 Å². The van der Waals surface area contributed by atoms with Crippen LogP contribution in [-0.2, 0) is 11.2 Å². The van der Waals surface area contributed by atoms with Crippen molar-refractivity contribution in [3.05, 3.63) is 35.4 Å². The summed E-state index contributed by atoms with van der Waals surface area (Å²) >= 11 is 3.51. The third kappa shape index (κ3) is 1.90. The molecule has 2 atom stereocenters. The number of amides is 1. The van der Waals surface area contributed by atoms with Crippen molar-refractivity contribution in [1.29, 1.82) is 0 Å². The zero-order valence-corrected chi connectivity index (χ0v) is 11.3. The lowest BCUT2D eigenvalue weighted by Gasteiger charge is -2.32. The molecule has 3 heteroatoms. The molecular formula is C14H16BrNO. The molecule has 0 bridgehead atoms. The Morgan fingerprint density at radius 3 is 2.94 bits per heavy atom. The van der Waals surface area contributed by atoms with E-state index in [2.05, 4.69) is 34.1 Å². The van der Waals surface area contributed by atoms with E-state index in [-0.39, 0.29) is 5.92 Å². The van der Waals surface area contributed by atoms with E-state index in [1.54, 1.807) is 0 Å². The Kier molecular flexibility index (Phi) is 2.95. The highest BCUT2D eigenvalue weighted by molar-refractivity contribution is 9.09. The number of fused-ring (bicyclic) bond motifs is 1. The number of halogens is 1. The summed E-state index contributed by atoms with van der Waals surface area (Å²) in [6.07, 6.45) is 2.08. The SMILES string of the molecule is O=C(C1Cc2ccccc21)N1CCC(CBr)C1. The van der Waals surface area contributed by atoms with Gasteiger partial charge in [-0.1, -0.05) is 40.2 Å². The summed E-state index contributed by atoms with van der Waals surface area (Å²) in [5.74, 6) is 1.13. The van der Waals surface area contributed by atoms with E-state index < -0.39 is 0 Å².